The van der Waals surface area contributed by atoms with Gasteiger partial charge in [-0.2, -0.15) is 0 Å². The molecule has 1 aromatic carbocycles. The summed E-state index contributed by atoms with van der Waals surface area (Å²) in [4.78, 5) is 13.0. The lowest BCUT2D eigenvalue weighted by Crippen LogP contribution is -2.35. The summed E-state index contributed by atoms with van der Waals surface area (Å²) in [6.45, 7) is 6.14. The number of nitro groups is 1. The highest BCUT2D eigenvalue weighted by Gasteiger charge is 2.21. The minimum Gasteiger partial charge on any atom is -0.379 e. The molecule has 21 heavy (non-hydrogen) atoms. The van der Waals surface area contributed by atoms with Crippen molar-refractivity contribution in [3.63, 3.8) is 0 Å². The molecule has 1 aromatic rings. The minimum atomic E-state index is -0.440. The van der Waals surface area contributed by atoms with Crippen molar-refractivity contribution >= 4 is 34.6 Å². The zero-order valence-corrected chi connectivity index (χ0v) is 13.5. The fourth-order valence-electron chi connectivity index (χ4n) is 2.59. The van der Waals surface area contributed by atoms with Gasteiger partial charge in [0.1, 0.15) is 5.69 Å². The highest BCUT2D eigenvalue weighted by atomic mass is 35.5. The molecule has 0 atom stereocenters. The first-order valence-electron chi connectivity index (χ1n) is 7.11. The smallest absolute Gasteiger partial charge is 0.293 e. The maximum Gasteiger partial charge on any atom is 0.293 e. The molecular weight excluding hydrogens is 313 g/mol. The van der Waals surface area contributed by atoms with Gasteiger partial charge in [-0.3, -0.25) is 10.1 Å². The Morgan fingerprint density at radius 1 is 1.33 bits per heavy atom. The van der Waals surface area contributed by atoms with Crippen molar-refractivity contribution in [2.24, 2.45) is 5.92 Å². The van der Waals surface area contributed by atoms with Gasteiger partial charge in [0.25, 0.3) is 5.69 Å². The molecule has 1 aliphatic heterocycles. The van der Waals surface area contributed by atoms with E-state index < -0.39 is 4.92 Å². The molecule has 1 fully saturated rings. The Bertz CT molecular complexity index is 517. The normalized spacial score (nSPS) is 16.9. The third-order valence-electron chi connectivity index (χ3n) is 3.97. The van der Waals surface area contributed by atoms with Crippen molar-refractivity contribution in [1.29, 1.82) is 0 Å². The van der Waals surface area contributed by atoms with E-state index in [1.807, 2.05) is 0 Å². The van der Waals surface area contributed by atoms with Crippen LogP contribution in [0.1, 0.15) is 19.8 Å². The molecule has 0 aliphatic carbocycles. The van der Waals surface area contributed by atoms with Crippen molar-refractivity contribution in [3.05, 3.63) is 32.3 Å². The number of rotatable bonds is 5. The lowest BCUT2D eigenvalue weighted by atomic mass is 9.96. The molecule has 0 bridgehead atoms. The Hall–Kier alpha value is -1.04. The molecule has 5 nitrogen and oxygen atoms in total. The third kappa shape index (κ3) is 4.22. The summed E-state index contributed by atoms with van der Waals surface area (Å²) in [6.07, 6.45) is 2.21. The van der Waals surface area contributed by atoms with Crippen molar-refractivity contribution < 1.29 is 4.92 Å². The summed E-state index contributed by atoms with van der Waals surface area (Å²) in [7, 11) is 0. The lowest BCUT2D eigenvalue weighted by molar-refractivity contribution is -0.383. The van der Waals surface area contributed by atoms with Crippen LogP contribution in [-0.4, -0.2) is 36.0 Å². The number of nitrogens with one attached hydrogen (secondary N) is 1. The summed E-state index contributed by atoms with van der Waals surface area (Å²) in [5.41, 5.74) is 0.405. The largest absolute Gasteiger partial charge is 0.379 e. The van der Waals surface area contributed by atoms with Gasteiger partial charge in [0.05, 0.1) is 15.0 Å². The highest BCUT2D eigenvalue weighted by molar-refractivity contribution is 6.42. The van der Waals surface area contributed by atoms with Crippen molar-refractivity contribution in [2.75, 3.05) is 31.5 Å². The van der Waals surface area contributed by atoms with Crippen LogP contribution in [0.4, 0.5) is 11.4 Å². The molecule has 116 valence electrons. The fourth-order valence-corrected chi connectivity index (χ4v) is 2.91. The standard InChI is InChI=1S/C14H19Cl2N3O2/c1-2-18-5-3-10(4-6-18)9-17-13-7-11(15)12(16)8-14(13)19(20)21/h7-8,10,17H,2-6,9H2,1H3. The van der Waals surface area contributed by atoms with Gasteiger partial charge in [-0.15, -0.1) is 0 Å². The molecule has 7 heteroatoms. The summed E-state index contributed by atoms with van der Waals surface area (Å²) < 4.78 is 0. The first-order valence-corrected chi connectivity index (χ1v) is 7.86. The molecule has 0 radical (unpaired) electrons. The van der Waals surface area contributed by atoms with Gasteiger partial charge < -0.3 is 10.2 Å². The molecule has 0 spiro atoms. The van der Waals surface area contributed by atoms with Crippen molar-refractivity contribution in [2.45, 2.75) is 19.8 Å². The summed E-state index contributed by atoms with van der Waals surface area (Å²) >= 11 is 11.8. The second-order valence-electron chi connectivity index (χ2n) is 5.30. The van der Waals surface area contributed by atoms with Crippen LogP contribution >= 0.6 is 23.2 Å². The van der Waals surface area contributed by atoms with E-state index in [-0.39, 0.29) is 10.7 Å². The number of benzene rings is 1. The Labute approximate surface area is 134 Å². The second-order valence-corrected chi connectivity index (χ2v) is 6.11. The molecule has 0 saturated carbocycles. The Morgan fingerprint density at radius 3 is 2.52 bits per heavy atom. The maximum absolute atomic E-state index is 11.1. The fraction of sp³-hybridized carbons (Fsp3) is 0.571. The first-order chi connectivity index (χ1) is 10.0. The number of hydrogen-bond donors (Lipinski definition) is 1. The van der Waals surface area contributed by atoms with E-state index >= 15 is 0 Å². The van der Waals surface area contributed by atoms with E-state index in [1.165, 1.54) is 12.1 Å². The number of likely N-dealkylation sites (tertiary alicyclic amines) is 1. The highest BCUT2D eigenvalue weighted by Crippen LogP contribution is 2.34. The molecule has 2 rings (SSSR count). The van der Waals surface area contributed by atoms with Crippen LogP contribution in [-0.2, 0) is 0 Å². The van der Waals surface area contributed by atoms with E-state index in [4.69, 9.17) is 23.2 Å². The Balaban J connectivity index is 2.00. The molecule has 1 heterocycles. The number of anilines is 1. The summed E-state index contributed by atoms with van der Waals surface area (Å²) in [6, 6.07) is 2.83. The van der Waals surface area contributed by atoms with Gasteiger partial charge >= 0.3 is 0 Å². The zero-order valence-electron chi connectivity index (χ0n) is 11.9. The van der Waals surface area contributed by atoms with E-state index in [1.54, 1.807) is 0 Å². The molecule has 1 saturated heterocycles. The lowest BCUT2D eigenvalue weighted by Gasteiger charge is -2.31. The Morgan fingerprint density at radius 2 is 1.95 bits per heavy atom. The first kappa shape index (κ1) is 16.3. The molecule has 0 aromatic heterocycles. The van der Waals surface area contributed by atoms with Gasteiger partial charge in [0.2, 0.25) is 0 Å². The molecular formula is C14H19Cl2N3O2. The minimum absolute atomic E-state index is 0.0320. The number of nitrogens with zero attached hydrogens (tertiary/aromatic N) is 2. The average molecular weight is 332 g/mol. The third-order valence-corrected chi connectivity index (χ3v) is 4.69. The van der Waals surface area contributed by atoms with E-state index in [0.717, 1.165) is 39.0 Å². The van der Waals surface area contributed by atoms with E-state index in [2.05, 4.69) is 17.1 Å². The second kappa shape index (κ2) is 7.29. The monoisotopic (exact) mass is 331 g/mol. The summed E-state index contributed by atoms with van der Waals surface area (Å²) in [5, 5.41) is 14.8. The van der Waals surface area contributed by atoms with Crippen LogP contribution in [0.5, 0.6) is 0 Å². The summed E-state index contributed by atoms with van der Waals surface area (Å²) in [5.74, 6) is 0.529. The van der Waals surface area contributed by atoms with Crippen LogP contribution < -0.4 is 5.32 Å². The van der Waals surface area contributed by atoms with Crippen molar-refractivity contribution in [1.82, 2.24) is 4.90 Å². The number of piperidine rings is 1. The van der Waals surface area contributed by atoms with Crippen molar-refractivity contribution in [3.8, 4) is 0 Å². The van der Waals surface area contributed by atoms with Gasteiger partial charge in [-0.05, 0) is 44.5 Å². The van der Waals surface area contributed by atoms with Gasteiger partial charge in [-0.25, -0.2) is 0 Å². The van der Waals surface area contributed by atoms with Crippen LogP contribution in [0.25, 0.3) is 0 Å². The quantitative estimate of drug-likeness (QED) is 0.653. The number of nitro benzene ring substituents is 1. The predicted octanol–water partition coefficient (Wildman–Crippen LogP) is 4.05. The predicted molar refractivity (Wildman–Crippen MR) is 86.4 cm³/mol. The maximum atomic E-state index is 11.1. The zero-order chi connectivity index (χ0) is 15.4. The van der Waals surface area contributed by atoms with Crippen LogP contribution in [0.15, 0.2) is 12.1 Å². The van der Waals surface area contributed by atoms with E-state index in [0.29, 0.717) is 16.6 Å². The molecule has 1 aliphatic rings. The number of halogens is 2. The topological polar surface area (TPSA) is 58.4 Å². The molecule has 0 unspecified atom stereocenters. The van der Waals surface area contributed by atoms with E-state index in [9.17, 15) is 10.1 Å². The molecule has 0 amide bonds. The molecule has 1 N–H and O–H groups in total. The van der Waals surface area contributed by atoms with Gasteiger partial charge in [0, 0.05) is 12.6 Å². The van der Waals surface area contributed by atoms with Crippen LogP contribution in [0, 0.1) is 16.0 Å². The average Bonchev–Trinajstić information content (AvgIpc) is 2.48. The number of hydrogen-bond acceptors (Lipinski definition) is 4. The van der Waals surface area contributed by atoms with Gasteiger partial charge in [0.15, 0.2) is 0 Å². The Kier molecular flexibility index (Phi) is 5.67. The van der Waals surface area contributed by atoms with Gasteiger partial charge in [-0.1, -0.05) is 30.1 Å². The van der Waals surface area contributed by atoms with Crippen LogP contribution in [0.2, 0.25) is 10.0 Å². The SMILES string of the molecule is CCN1CCC(CNc2cc(Cl)c(Cl)cc2[N+](=O)[O-])CC1. The van der Waals surface area contributed by atoms with Crippen LogP contribution in [0.3, 0.4) is 0 Å².